The van der Waals surface area contributed by atoms with Gasteiger partial charge in [-0.15, -0.1) is 11.8 Å². The summed E-state index contributed by atoms with van der Waals surface area (Å²) in [6, 6.07) is 9.25. The van der Waals surface area contributed by atoms with Gasteiger partial charge in [-0.2, -0.15) is 0 Å². The van der Waals surface area contributed by atoms with Crippen molar-refractivity contribution in [1.82, 2.24) is 0 Å². The van der Waals surface area contributed by atoms with Gasteiger partial charge in [-0.05, 0) is 43.7 Å². The van der Waals surface area contributed by atoms with Crippen molar-refractivity contribution in [3.8, 4) is 0 Å². The molecule has 0 aliphatic rings. The van der Waals surface area contributed by atoms with Gasteiger partial charge in [-0.25, -0.2) is 0 Å². The number of carbonyl (C=O) groups is 1. The molecule has 2 rings (SSSR count). The Morgan fingerprint density at radius 3 is 2.90 bits per heavy atom. The minimum atomic E-state index is -0.166. The molecule has 0 saturated carbocycles. The van der Waals surface area contributed by atoms with E-state index in [1.807, 2.05) is 44.2 Å². The number of rotatable bonds is 5. The molecule has 0 aliphatic carbocycles. The molecule has 0 radical (unpaired) electrons. The van der Waals surface area contributed by atoms with Gasteiger partial charge >= 0.3 is 0 Å². The molecule has 1 unspecified atom stereocenters. The van der Waals surface area contributed by atoms with Crippen LogP contribution in [0.25, 0.3) is 0 Å². The van der Waals surface area contributed by atoms with E-state index in [0.717, 1.165) is 17.0 Å². The van der Waals surface area contributed by atoms with E-state index in [-0.39, 0.29) is 11.2 Å². The highest BCUT2D eigenvalue weighted by Gasteiger charge is 2.15. The predicted molar refractivity (Wildman–Crippen MR) is 83.7 cm³/mol. The van der Waals surface area contributed by atoms with Crippen LogP contribution in [-0.4, -0.2) is 11.2 Å². The number of furan rings is 1. The Kier molecular flexibility index (Phi) is 4.74. The Morgan fingerprint density at radius 2 is 2.20 bits per heavy atom. The topological polar surface area (TPSA) is 68.3 Å². The molecule has 5 heteroatoms. The van der Waals surface area contributed by atoms with Crippen molar-refractivity contribution in [3.05, 3.63) is 47.9 Å². The van der Waals surface area contributed by atoms with Crippen LogP contribution in [0.4, 0.5) is 11.4 Å². The van der Waals surface area contributed by atoms with Crippen molar-refractivity contribution in [2.24, 2.45) is 0 Å². The summed E-state index contributed by atoms with van der Waals surface area (Å²) in [7, 11) is 0. The first-order chi connectivity index (χ1) is 9.58. The van der Waals surface area contributed by atoms with E-state index in [1.54, 1.807) is 6.26 Å². The van der Waals surface area contributed by atoms with Crippen molar-refractivity contribution in [1.29, 1.82) is 0 Å². The van der Waals surface area contributed by atoms with Crippen LogP contribution in [0.1, 0.15) is 18.2 Å². The molecule has 1 aromatic heterocycles. The van der Waals surface area contributed by atoms with E-state index in [2.05, 4.69) is 5.32 Å². The molecule has 0 fully saturated rings. The normalized spacial score (nSPS) is 12.1. The third-order valence-corrected chi connectivity index (χ3v) is 4.22. The fourth-order valence-electron chi connectivity index (χ4n) is 1.70. The molecule has 3 N–H and O–H groups in total. The van der Waals surface area contributed by atoms with Gasteiger partial charge in [0.15, 0.2) is 0 Å². The van der Waals surface area contributed by atoms with Gasteiger partial charge in [-0.1, -0.05) is 6.07 Å². The number of hydrogen-bond donors (Lipinski definition) is 2. The zero-order chi connectivity index (χ0) is 14.5. The van der Waals surface area contributed by atoms with Crippen LogP contribution in [0.5, 0.6) is 0 Å². The molecule has 0 spiro atoms. The molecule has 20 heavy (non-hydrogen) atoms. The number of amides is 1. The molecule has 4 nitrogen and oxygen atoms in total. The van der Waals surface area contributed by atoms with Crippen molar-refractivity contribution in [2.45, 2.75) is 24.9 Å². The number of nitrogen functional groups attached to an aromatic ring is 1. The molecule has 1 amide bonds. The van der Waals surface area contributed by atoms with Crippen molar-refractivity contribution in [3.63, 3.8) is 0 Å². The second kappa shape index (κ2) is 6.52. The fourth-order valence-corrected chi connectivity index (χ4v) is 2.49. The Hall–Kier alpha value is -1.88. The fraction of sp³-hybridized carbons (Fsp3) is 0.267. The first-order valence-corrected chi connectivity index (χ1v) is 7.42. The second-order valence-electron chi connectivity index (χ2n) is 4.54. The third kappa shape index (κ3) is 3.57. The largest absolute Gasteiger partial charge is 0.468 e. The van der Waals surface area contributed by atoms with Crippen LogP contribution < -0.4 is 11.1 Å². The Labute approximate surface area is 122 Å². The van der Waals surface area contributed by atoms with Gasteiger partial charge in [0.2, 0.25) is 5.91 Å². The lowest BCUT2D eigenvalue weighted by Gasteiger charge is -2.14. The molecular formula is C15H18N2O2S. The van der Waals surface area contributed by atoms with E-state index >= 15 is 0 Å². The molecule has 0 bridgehead atoms. The number of thioether (sulfide) groups is 1. The van der Waals surface area contributed by atoms with E-state index in [1.165, 1.54) is 11.8 Å². The van der Waals surface area contributed by atoms with Gasteiger partial charge in [0.25, 0.3) is 0 Å². The minimum Gasteiger partial charge on any atom is -0.468 e. The summed E-state index contributed by atoms with van der Waals surface area (Å²) in [5.41, 5.74) is 8.16. The number of hydrogen-bond acceptors (Lipinski definition) is 4. The lowest BCUT2D eigenvalue weighted by atomic mass is 10.1. The number of benzene rings is 1. The smallest absolute Gasteiger partial charge is 0.237 e. The van der Waals surface area contributed by atoms with E-state index in [4.69, 9.17) is 10.2 Å². The Bertz CT molecular complexity index is 582. The standard InChI is InChI=1S/C15H18N2O2S/c1-10-13(16)6-3-7-14(10)17-15(18)11(2)20-9-12-5-4-8-19-12/h3-8,11H,9,16H2,1-2H3,(H,17,18). The highest BCUT2D eigenvalue weighted by atomic mass is 32.2. The molecule has 1 aromatic carbocycles. The van der Waals surface area contributed by atoms with E-state index in [0.29, 0.717) is 11.4 Å². The lowest BCUT2D eigenvalue weighted by Crippen LogP contribution is -2.23. The number of nitrogens with two attached hydrogens (primary N) is 1. The van der Waals surface area contributed by atoms with Crippen LogP contribution in [0.3, 0.4) is 0 Å². The highest BCUT2D eigenvalue weighted by molar-refractivity contribution is 7.99. The van der Waals surface area contributed by atoms with Crippen LogP contribution >= 0.6 is 11.8 Å². The Balaban J connectivity index is 1.92. The van der Waals surface area contributed by atoms with E-state index < -0.39 is 0 Å². The summed E-state index contributed by atoms with van der Waals surface area (Å²) in [4.78, 5) is 12.1. The minimum absolute atomic E-state index is 0.0322. The van der Waals surface area contributed by atoms with Crippen LogP contribution in [-0.2, 0) is 10.5 Å². The molecule has 106 valence electrons. The monoisotopic (exact) mass is 290 g/mol. The average molecular weight is 290 g/mol. The average Bonchev–Trinajstić information content (AvgIpc) is 2.94. The van der Waals surface area contributed by atoms with Crippen LogP contribution in [0, 0.1) is 6.92 Å². The van der Waals surface area contributed by atoms with Gasteiger partial charge in [0.05, 0.1) is 17.3 Å². The van der Waals surface area contributed by atoms with Crippen molar-refractivity contribution < 1.29 is 9.21 Å². The van der Waals surface area contributed by atoms with Crippen LogP contribution in [0.15, 0.2) is 41.0 Å². The first-order valence-electron chi connectivity index (χ1n) is 6.38. The maximum absolute atomic E-state index is 12.1. The zero-order valence-corrected chi connectivity index (χ0v) is 12.4. The zero-order valence-electron chi connectivity index (χ0n) is 11.6. The van der Waals surface area contributed by atoms with Crippen molar-refractivity contribution >= 4 is 29.0 Å². The summed E-state index contributed by atoms with van der Waals surface area (Å²) in [5.74, 6) is 1.52. The maximum atomic E-state index is 12.1. The number of anilines is 2. The first kappa shape index (κ1) is 14.5. The maximum Gasteiger partial charge on any atom is 0.237 e. The molecule has 0 saturated heterocycles. The van der Waals surface area contributed by atoms with Gasteiger partial charge in [0.1, 0.15) is 5.76 Å². The molecule has 1 heterocycles. The van der Waals surface area contributed by atoms with Gasteiger partial charge in [-0.3, -0.25) is 4.79 Å². The SMILES string of the molecule is Cc1c(N)cccc1NC(=O)C(C)SCc1ccco1. The quantitative estimate of drug-likeness (QED) is 0.828. The number of carbonyl (C=O) groups excluding carboxylic acids is 1. The summed E-state index contributed by atoms with van der Waals surface area (Å²) in [6.07, 6.45) is 1.64. The van der Waals surface area contributed by atoms with E-state index in [9.17, 15) is 4.79 Å². The van der Waals surface area contributed by atoms with Gasteiger partial charge in [0, 0.05) is 11.4 Å². The molecule has 2 aromatic rings. The molecule has 1 atom stereocenters. The number of nitrogens with one attached hydrogen (secondary N) is 1. The highest BCUT2D eigenvalue weighted by Crippen LogP contribution is 2.23. The molecule has 0 aliphatic heterocycles. The third-order valence-electron chi connectivity index (χ3n) is 3.06. The van der Waals surface area contributed by atoms with Crippen LogP contribution in [0.2, 0.25) is 0 Å². The van der Waals surface area contributed by atoms with Gasteiger partial charge < -0.3 is 15.5 Å². The molecular weight excluding hydrogens is 272 g/mol. The lowest BCUT2D eigenvalue weighted by molar-refractivity contribution is -0.115. The summed E-state index contributed by atoms with van der Waals surface area (Å²) in [6.45, 7) is 3.77. The van der Waals surface area contributed by atoms with Crippen molar-refractivity contribution in [2.75, 3.05) is 11.1 Å². The summed E-state index contributed by atoms with van der Waals surface area (Å²) < 4.78 is 5.25. The predicted octanol–water partition coefficient (Wildman–Crippen LogP) is 3.43. The summed E-state index contributed by atoms with van der Waals surface area (Å²) >= 11 is 1.53. The summed E-state index contributed by atoms with van der Waals surface area (Å²) in [5, 5.41) is 2.74. The second-order valence-corrected chi connectivity index (χ2v) is 5.87. The Morgan fingerprint density at radius 1 is 1.40 bits per heavy atom.